The molecule has 1 aliphatic heterocycles. The lowest BCUT2D eigenvalue weighted by Gasteiger charge is -2.25. The Bertz CT molecular complexity index is 514. The topological polar surface area (TPSA) is 29.8 Å². The van der Waals surface area contributed by atoms with Crippen molar-refractivity contribution in [1.82, 2.24) is 14.3 Å². The Morgan fingerprint density at radius 3 is 2.88 bits per heavy atom. The molecule has 0 spiro atoms. The van der Waals surface area contributed by atoms with Crippen molar-refractivity contribution in [2.45, 2.75) is 13.5 Å². The lowest BCUT2D eigenvalue weighted by Crippen LogP contribution is -2.35. The van der Waals surface area contributed by atoms with Crippen molar-refractivity contribution < 1.29 is 4.74 Å². The van der Waals surface area contributed by atoms with Crippen molar-refractivity contribution in [3.8, 4) is 0 Å². The Kier molecular flexibility index (Phi) is 2.82. The lowest BCUT2D eigenvalue weighted by molar-refractivity contribution is 0.0337. The summed E-state index contributed by atoms with van der Waals surface area (Å²) in [4.78, 5) is 7.04. The summed E-state index contributed by atoms with van der Waals surface area (Å²) in [5.74, 6) is 0. The number of aryl methyl sites for hydroxylation is 1. The predicted octanol–water partition coefficient (Wildman–Crippen LogP) is 1.47. The number of imidazole rings is 1. The number of fused-ring (bicyclic) bond motifs is 1. The van der Waals surface area contributed by atoms with Crippen LogP contribution < -0.4 is 0 Å². The van der Waals surface area contributed by atoms with Gasteiger partial charge in [-0.25, -0.2) is 4.98 Å². The maximum Gasteiger partial charge on any atom is 0.137 e. The van der Waals surface area contributed by atoms with Gasteiger partial charge < -0.3 is 9.14 Å². The minimum absolute atomic E-state index is 0.840. The molecular weight excluding hydrogens is 214 g/mol. The number of hydrogen-bond donors (Lipinski definition) is 0. The maximum atomic E-state index is 5.35. The Balaban J connectivity index is 1.83. The molecule has 0 radical (unpaired) electrons. The molecular formula is C13H17N3O. The van der Waals surface area contributed by atoms with E-state index in [0.717, 1.165) is 44.2 Å². The molecule has 0 atom stereocenters. The van der Waals surface area contributed by atoms with E-state index in [9.17, 15) is 0 Å². The van der Waals surface area contributed by atoms with Gasteiger partial charge in [-0.05, 0) is 19.1 Å². The van der Waals surface area contributed by atoms with Crippen molar-refractivity contribution in [3.63, 3.8) is 0 Å². The number of rotatable bonds is 2. The number of nitrogens with zero attached hydrogens (tertiary/aromatic N) is 3. The monoisotopic (exact) mass is 231 g/mol. The molecule has 17 heavy (non-hydrogen) atoms. The molecule has 1 saturated heterocycles. The standard InChI is InChI=1S/C13H17N3O/c1-11-3-2-4-13-14-12(10-16(11)13)9-15-5-7-17-8-6-15/h2-4,10H,5-9H2,1H3. The third-order valence-electron chi connectivity index (χ3n) is 3.24. The summed E-state index contributed by atoms with van der Waals surface area (Å²) in [6.07, 6.45) is 2.14. The molecule has 0 unspecified atom stereocenters. The lowest BCUT2D eigenvalue weighted by atomic mass is 10.3. The second kappa shape index (κ2) is 4.47. The van der Waals surface area contributed by atoms with E-state index in [-0.39, 0.29) is 0 Å². The number of ether oxygens (including phenoxy) is 1. The van der Waals surface area contributed by atoms with Gasteiger partial charge in [0.15, 0.2) is 0 Å². The van der Waals surface area contributed by atoms with Gasteiger partial charge in [-0.15, -0.1) is 0 Å². The molecule has 3 heterocycles. The molecule has 4 heteroatoms. The van der Waals surface area contributed by atoms with Gasteiger partial charge in [-0.1, -0.05) is 6.07 Å². The van der Waals surface area contributed by atoms with E-state index in [0.29, 0.717) is 0 Å². The van der Waals surface area contributed by atoms with Gasteiger partial charge in [0.25, 0.3) is 0 Å². The van der Waals surface area contributed by atoms with Crippen LogP contribution in [0.1, 0.15) is 11.4 Å². The molecule has 0 bridgehead atoms. The SMILES string of the molecule is Cc1cccc2nc(CN3CCOCC3)cn12. The molecule has 1 aliphatic rings. The number of hydrogen-bond acceptors (Lipinski definition) is 3. The fourth-order valence-corrected chi connectivity index (χ4v) is 2.26. The normalized spacial score (nSPS) is 17.7. The molecule has 1 fully saturated rings. The van der Waals surface area contributed by atoms with Crippen molar-refractivity contribution in [2.75, 3.05) is 26.3 Å². The van der Waals surface area contributed by atoms with Crippen LogP contribution in [0, 0.1) is 6.92 Å². The van der Waals surface area contributed by atoms with Crippen molar-refractivity contribution >= 4 is 5.65 Å². The fraction of sp³-hybridized carbons (Fsp3) is 0.462. The van der Waals surface area contributed by atoms with E-state index in [1.807, 2.05) is 0 Å². The summed E-state index contributed by atoms with van der Waals surface area (Å²) >= 11 is 0. The summed E-state index contributed by atoms with van der Waals surface area (Å²) in [5, 5.41) is 0. The van der Waals surface area contributed by atoms with Crippen LogP contribution in [0.5, 0.6) is 0 Å². The highest BCUT2D eigenvalue weighted by Gasteiger charge is 2.12. The molecule has 0 aromatic carbocycles. The number of morpholine rings is 1. The molecule has 0 aliphatic carbocycles. The molecule has 0 N–H and O–H groups in total. The van der Waals surface area contributed by atoms with E-state index in [2.05, 4.69) is 45.6 Å². The first-order chi connectivity index (χ1) is 8.33. The second-order valence-corrected chi connectivity index (χ2v) is 4.52. The van der Waals surface area contributed by atoms with Crippen LogP contribution in [0.4, 0.5) is 0 Å². The molecule has 2 aromatic heterocycles. The highest BCUT2D eigenvalue weighted by Crippen LogP contribution is 2.11. The van der Waals surface area contributed by atoms with E-state index < -0.39 is 0 Å². The summed E-state index contributed by atoms with van der Waals surface area (Å²) in [6.45, 7) is 6.72. The quantitative estimate of drug-likeness (QED) is 0.784. The Morgan fingerprint density at radius 1 is 1.29 bits per heavy atom. The smallest absolute Gasteiger partial charge is 0.137 e. The third kappa shape index (κ3) is 2.18. The third-order valence-corrected chi connectivity index (χ3v) is 3.24. The van der Waals surface area contributed by atoms with E-state index >= 15 is 0 Å². The Hall–Kier alpha value is -1.39. The fourth-order valence-electron chi connectivity index (χ4n) is 2.26. The zero-order valence-electron chi connectivity index (χ0n) is 10.1. The zero-order valence-corrected chi connectivity index (χ0v) is 10.1. The van der Waals surface area contributed by atoms with Crippen LogP contribution in [0.25, 0.3) is 5.65 Å². The number of pyridine rings is 1. The van der Waals surface area contributed by atoms with Gasteiger partial charge in [0, 0.05) is 31.5 Å². The van der Waals surface area contributed by atoms with E-state index in [1.54, 1.807) is 0 Å². The predicted molar refractivity (Wildman–Crippen MR) is 66.0 cm³/mol. The van der Waals surface area contributed by atoms with Crippen LogP contribution in [0.15, 0.2) is 24.4 Å². The van der Waals surface area contributed by atoms with E-state index in [1.165, 1.54) is 5.69 Å². The van der Waals surface area contributed by atoms with Crippen molar-refractivity contribution in [2.24, 2.45) is 0 Å². The van der Waals surface area contributed by atoms with Gasteiger partial charge in [0.2, 0.25) is 0 Å². The van der Waals surface area contributed by atoms with Crippen LogP contribution in [-0.2, 0) is 11.3 Å². The van der Waals surface area contributed by atoms with Crippen LogP contribution in [0.2, 0.25) is 0 Å². The summed E-state index contributed by atoms with van der Waals surface area (Å²) in [6, 6.07) is 6.21. The van der Waals surface area contributed by atoms with Crippen molar-refractivity contribution in [3.05, 3.63) is 35.8 Å². The summed E-state index contributed by atoms with van der Waals surface area (Å²) < 4.78 is 7.50. The van der Waals surface area contributed by atoms with Crippen LogP contribution in [0.3, 0.4) is 0 Å². The largest absolute Gasteiger partial charge is 0.379 e. The maximum absolute atomic E-state index is 5.35. The van der Waals surface area contributed by atoms with Gasteiger partial charge in [-0.3, -0.25) is 4.90 Å². The zero-order chi connectivity index (χ0) is 11.7. The first-order valence-electron chi connectivity index (χ1n) is 6.06. The molecule has 0 saturated carbocycles. The first kappa shape index (κ1) is 10.7. The molecule has 2 aromatic rings. The molecule has 0 amide bonds. The molecule has 90 valence electrons. The van der Waals surface area contributed by atoms with Crippen LogP contribution in [-0.4, -0.2) is 40.6 Å². The molecule has 3 rings (SSSR count). The highest BCUT2D eigenvalue weighted by molar-refractivity contribution is 5.41. The van der Waals surface area contributed by atoms with Gasteiger partial charge in [0.05, 0.1) is 18.9 Å². The number of aromatic nitrogens is 2. The van der Waals surface area contributed by atoms with Gasteiger partial charge >= 0.3 is 0 Å². The van der Waals surface area contributed by atoms with Crippen LogP contribution >= 0.6 is 0 Å². The average Bonchev–Trinajstić information content (AvgIpc) is 2.74. The van der Waals surface area contributed by atoms with Gasteiger partial charge in [0.1, 0.15) is 5.65 Å². The minimum Gasteiger partial charge on any atom is -0.379 e. The Labute approximate surface area is 101 Å². The summed E-state index contributed by atoms with van der Waals surface area (Å²) in [7, 11) is 0. The minimum atomic E-state index is 0.840. The average molecular weight is 231 g/mol. The second-order valence-electron chi connectivity index (χ2n) is 4.52. The Morgan fingerprint density at radius 2 is 2.12 bits per heavy atom. The first-order valence-corrected chi connectivity index (χ1v) is 6.06. The van der Waals surface area contributed by atoms with Gasteiger partial charge in [-0.2, -0.15) is 0 Å². The van der Waals surface area contributed by atoms with Crippen molar-refractivity contribution in [1.29, 1.82) is 0 Å². The van der Waals surface area contributed by atoms with E-state index in [4.69, 9.17) is 4.74 Å². The molecule has 4 nitrogen and oxygen atoms in total. The highest BCUT2D eigenvalue weighted by atomic mass is 16.5. The summed E-state index contributed by atoms with van der Waals surface area (Å²) in [5.41, 5.74) is 3.40.